The van der Waals surface area contributed by atoms with Crippen LogP contribution in [-0.4, -0.2) is 10.9 Å². The van der Waals surface area contributed by atoms with E-state index >= 15 is 0 Å². The first-order valence-electron chi connectivity index (χ1n) is 4.42. The summed E-state index contributed by atoms with van der Waals surface area (Å²) in [6.45, 7) is 1.50. The molecule has 0 aliphatic heterocycles. The molecule has 2 aromatic carbocycles. The third kappa shape index (κ3) is 1.25. The maximum absolute atomic E-state index is 11.3. The number of hydrogen-bond acceptors (Lipinski definition) is 2. The van der Waals surface area contributed by atoms with E-state index in [0.29, 0.717) is 10.9 Å². The van der Waals surface area contributed by atoms with Crippen molar-refractivity contribution in [2.45, 2.75) is 6.92 Å². The van der Waals surface area contributed by atoms with Gasteiger partial charge in [-0.3, -0.25) is 4.79 Å². The summed E-state index contributed by atoms with van der Waals surface area (Å²) in [5.74, 6) is 0.130. The van der Waals surface area contributed by atoms with Gasteiger partial charge in [0.15, 0.2) is 5.78 Å². The van der Waals surface area contributed by atoms with E-state index in [1.165, 1.54) is 6.92 Å². The number of ketones is 1. The smallest absolute Gasteiger partial charge is 0.160 e. The molecule has 0 bridgehead atoms. The fourth-order valence-electron chi connectivity index (χ4n) is 1.61. The van der Waals surface area contributed by atoms with Gasteiger partial charge in [0.05, 0.1) is 0 Å². The standard InChI is InChI=1S/C12H10O2/c1-8(13)10-6-2-4-9-5-3-7-11(14)12(9)10/h2-7,14H,1H3. The van der Waals surface area contributed by atoms with Crippen molar-refractivity contribution >= 4 is 16.6 Å². The lowest BCUT2D eigenvalue weighted by molar-refractivity contribution is 0.101. The van der Waals surface area contributed by atoms with Gasteiger partial charge in [-0.15, -0.1) is 0 Å². The van der Waals surface area contributed by atoms with Gasteiger partial charge in [-0.1, -0.05) is 30.3 Å². The first-order chi connectivity index (χ1) is 6.70. The lowest BCUT2D eigenvalue weighted by Gasteiger charge is -2.04. The summed E-state index contributed by atoms with van der Waals surface area (Å²) in [5, 5.41) is 11.2. The number of rotatable bonds is 1. The Labute approximate surface area is 81.8 Å². The normalized spacial score (nSPS) is 10.4. The van der Waals surface area contributed by atoms with Crippen molar-refractivity contribution in [2.24, 2.45) is 0 Å². The summed E-state index contributed by atoms with van der Waals surface area (Å²) in [7, 11) is 0. The number of hydrogen-bond donors (Lipinski definition) is 1. The number of phenols is 1. The molecule has 0 aliphatic rings. The fraction of sp³-hybridized carbons (Fsp3) is 0.0833. The molecule has 0 saturated heterocycles. The lowest BCUT2D eigenvalue weighted by Crippen LogP contribution is -1.93. The number of benzene rings is 2. The van der Waals surface area contributed by atoms with Crippen LogP contribution in [0, 0.1) is 0 Å². The minimum absolute atomic E-state index is 0.0305. The van der Waals surface area contributed by atoms with E-state index in [0.717, 1.165) is 5.39 Å². The zero-order valence-electron chi connectivity index (χ0n) is 7.82. The molecule has 0 radical (unpaired) electrons. The molecule has 0 unspecified atom stereocenters. The molecule has 0 heterocycles. The summed E-state index contributed by atoms with van der Waals surface area (Å²) in [6.07, 6.45) is 0. The number of fused-ring (bicyclic) bond motifs is 1. The van der Waals surface area contributed by atoms with Crippen molar-refractivity contribution in [1.29, 1.82) is 0 Å². The quantitative estimate of drug-likeness (QED) is 0.695. The molecule has 0 saturated carbocycles. The highest BCUT2D eigenvalue weighted by molar-refractivity contribution is 6.09. The second-order valence-corrected chi connectivity index (χ2v) is 3.24. The Hall–Kier alpha value is -1.83. The predicted octanol–water partition coefficient (Wildman–Crippen LogP) is 2.75. The Morgan fingerprint density at radius 3 is 2.43 bits per heavy atom. The molecule has 0 spiro atoms. The van der Waals surface area contributed by atoms with Crippen molar-refractivity contribution in [3.63, 3.8) is 0 Å². The Bertz CT molecular complexity index is 495. The second kappa shape index (κ2) is 3.14. The largest absolute Gasteiger partial charge is 0.507 e. The first kappa shape index (κ1) is 8.75. The van der Waals surface area contributed by atoms with Crippen molar-refractivity contribution in [2.75, 3.05) is 0 Å². The summed E-state index contributed by atoms with van der Waals surface area (Å²) in [5.41, 5.74) is 0.570. The molecule has 70 valence electrons. The van der Waals surface area contributed by atoms with Crippen molar-refractivity contribution < 1.29 is 9.90 Å². The minimum Gasteiger partial charge on any atom is -0.507 e. The third-order valence-corrected chi connectivity index (χ3v) is 2.26. The molecule has 0 aromatic heterocycles. The fourth-order valence-corrected chi connectivity index (χ4v) is 1.61. The van der Waals surface area contributed by atoms with E-state index in [4.69, 9.17) is 0 Å². The van der Waals surface area contributed by atoms with E-state index < -0.39 is 0 Å². The molecule has 2 aromatic rings. The maximum atomic E-state index is 11.3. The maximum Gasteiger partial charge on any atom is 0.160 e. The van der Waals surface area contributed by atoms with Crippen molar-refractivity contribution in [3.05, 3.63) is 42.0 Å². The van der Waals surface area contributed by atoms with Gasteiger partial charge in [-0.05, 0) is 18.4 Å². The molecule has 2 rings (SSSR count). The Morgan fingerprint density at radius 1 is 1.14 bits per heavy atom. The Kier molecular flexibility index (Phi) is 1.97. The zero-order chi connectivity index (χ0) is 10.1. The van der Waals surface area contributed by atoms with Gasteiger partial charge in [-0.2, -0.15) is 0 Å². The average Bonchev–Trinajstić information content (AvgIpc) is 2.17. The summed E-state index contributed by atoms with van der Waals surface area (Å²) in [6, 6.07) is 10.7. The van der Waals surface area contributed by atoms with Crippen LogP contribution in [-0.2, 0) is 0 Å². The van der Waals surface area contributed by atoms with Gasteiger partial charge >= 0.3 is 0 Å². The van der Waals surface area contributed by atoms with Crippen LogP contribution in [0.1, 0.15) is 17.3 Å². The highest BCUT2D eigenvalue weighted by Gasteiger charge is 2.07. The molecule has 1 N–H and O–H groups in total. The van der Waals surface area contributed by atoms with Gasteiger partial charge in [0.25, 0.3) is 0 Å². The van der Waals surface area contributed by atoms with Gasteiger partial charge in [0, 0.05) is 10.9 Å². The van der Waals surface area contributed by atoms with Crippen LogP contribution in [0.3, 0.4) is 0 Å². The SMILES string of the molecule is CC(=O)c1cccc2cccc(O)c12. The van der Waals surface area contributed by atoms with E-state index in [-0.39, 0.29) is 11.5 Å². The Balaban J connectivity index is 2.91. The van der Waals surface area contributed by atoms with E-state index in [9.17, 15) is 9.90 Å². The molecule has 0 amide bonds. The Morgan fingerprint density at radius 2 is 1.79 bits per heavy atom. The van der Waals surface area contributed by atoms with Gasteiger partial charge in [0.1, 0.15) is 5.75 Å². The first-order valence-corrected chi connectivity index (χ1v) is 4.42. The van der Waals surface area contributed by atoms with E-state index in [1.807, 2.05) is 18.2 Å². The van der Waals surface area contributed by atoms with Crippen LogP contribution in [0.4, 0.5) is 0 Å². The molecular formula is C12H10O2. The highest BCUT2D eigenvalue weighted by Crippen LogP contribution is 2.27. The van der Waals surface area contributed by atoms with Gasteiger partial charge in [-0.25, -0.2) is 0 Å². The van der Waals surface area contributed by atoms with Crippen molar-refractivity contribution in [3.8, 4) is 5.75 Å². The van der Waals surface area contributed by atoms with Crippen LogP contribution in [0.5, 0.6) is 5.75 Å². The van der Waals surface area contributed by atoms with Crippen LogP contribution >= 0.6 is 0 Å². The zero-order valence-corrected chi connectivity index (χ0v) is 7.82. The van der Waals surface area contributed by atoms with E-state index in [2.05, 4.69) is 0 Å². The minimum atomic E-state index is -0.0305. The molecule has 0 aliphatic carbocycles. The number of phenolic OH excluding ortho intramolecular Hbond substituents is 1. The number of Topliss-reactive ketones (excluding diaryl/α,β-unsaturated/α-hetero) is 1. The van der Waals surface area contributed by atoms with Crippen molar-refractivity contribution in [1.82, 2.24) is 0 Å². The molecule has 0 fully saturated rings. The summed E-state index contributed by atoms with van der Waals surface area (Å²) in [4.78, 5) is 11.3. The second-order valence-electron chi connectivity index (χ2n) is 3.24. The summed E-state index contributed by atoms with van der Waals surface area (Å²) < 4.78 is 0. The van der Waals surface area contributed by atoms with Crippen LogP contribution < -0.4 is 0 Å². The summed E-state index contributed by atoms with van der Waals surface area (Å²) >= 11 is 0. The topological polar surface area (TPSA) is 37.3 Å². The number of carbonyl (C=O) groups excluding carboxylic acids is 1. The van der Waals surface area contributed by atoms with Gasteiger partial charge < -0.3 is 5.11 Å². The molecule has 2 nitrogen and oxygen atoms in total. The third-order valence-electron chi connectivity index (χ3n) is 2.26. The average molecular weight is 186 g/mol. The van der Waals surface area contributed by atoms with Crippen LogP contribution in [0.25, 0.3) is 10.8 Å². The number of aromatic hydroxyl groups is 1. The molecule has 0 atom stereocenters. The predicted molar refractivity (Wildman–Crippen MR) is 55.6 cm³/mol. The monoisotopic (exact) mass is 186 g/mol. The lowest BCUT2D eigenvalue weighted by atomic mass is 10.0. The van der Waals surface area contributed by atoms with Crippen LogP contribution in [0.15, 0.2) is 36.4 Å². The van der Waals surface area contributed by atoms with E-state index in [1.54, 1.807) is 18.2 Å². The highest BCUT2D eigenvalue weighted by atomic mass is 16.3. The van der Waals surface area contributed by atoms with Gasteiger partial charge in [0.2, 0.25) is 0 Å². The molecular weight excluding hydrogens is 176 g/mol. The van der Waals surface area contributed by atoms with Crippen LogP contribution in [0.2, 0.25) is 0 Å². The number of carbonyl (C=O) groups is 1. The molecule has 2 heteroatoms. The molecule has 14 heavy (non-hydrogen) atoms.